The molecule has 8 nitrogen and oxygen atoms in total. The highest BCUT2D eigenvalue weighted by molar-refractivity contribution is 5.72. The van der Waals surface area contributed by atoms with E-state index in [2.05, 4.69) is 6.92 Å². The number of unbranched alkanes of at least 4 members (excludes halogenated alkanes) is 1. The number of nitrogens with zero attached hydrogens (tertiary/aromatic N) is 1. The van der Waals surface area contributed by atoms with Crippen molar-refractivity contribution in [3.05, 3.63) is 59.9 Å². The maximum Gasteiger partial charge on any atom is 0.415 e. The van der Waals surface area contributed by atoms with Crippen molar-refractivity contribution in [2.45, 2.75) is 39.2 Å². The molecule has 0 saturated carbocycles. The number of aliphatic carboxylic acids is 1. The molecular weight excluding hydrogens is 457 g/mol. The van der Waals surface area contributed by atoms with Gasteiger partial charge < -0.3 is 29.0 Å². The van der Waals surface area contributed by atoms with E-state index in [0.717, 1.165) is 24.5 Å². The summed E-state index contributed by atoms with van der Waals surface area (Å²) in [4.78, 5) is 25.4. The van der Waals surface area contributed by atoms with Crippen molar-refractivity contribution in [3.63, 3.8) is 0 Å². The fourth-order valence-electron chi connectivity index (χ4n) is 3.14. The van der Waals surface area contributed by atoms with Gasteiger partial charge in [0.25, 0.3) is 0 Å². The van der Waals surface area contributed by atoms with Crippen LogP contribution in [0, 0.1) is 5.82 Å². The summed E-state index contributed by atoms with van der Waals surface area (Å²) in [7, 11) is 0. The normalized spacial score (nSPS) is 11.6. The Bertz CT molecular complexity index is 907. The van der Waals surface area contributed by atoms with Gasteiger partial charge in [-0.3, -0.25) is 0 Å². The SMILES string of the molecule is CCCCOCCN(CCOc1ccc(CC(OCC)C(=O)O)cc1)C(=O)Oc1cccc(F)c1. The van der Waals surface area contributed by atoms with Crippen molar-refractivity contribution in [2.75, 3.05) is 39.5 Å². The van der Waals surface area contributed by atoms with Crippen LogP contribution in [0.1, 0.15) is 32.3 Å². The monoisotopic (exact) mass is 491 g/mol. The van der Waals surface area contributed by atoms with Gasteiger partial charge in [-0.25, -0.2) is 14.0 Å². The van der Waals surface area contributed by atoms with E-state index in [1.54, 1.807) is 31.2 Å². The van der Waals surface area contributed by atoms with Gasteiger partial charge in [0.05, 0.1) is 13.2 Å². The molecule has 1 amide bonds. The van der Waals surface area contributed by atoms with Crippen molar-refractivity contribution < 1.29 is 38.0 Å². The lowest BCUT2D eigenvalue weighted by molar-refractivity contribution is -0.149. The molecule has 1 unspecified atom stereocenters. The Morgan fingerprint density at radius 1 is 1.00 bits per heavy atom. The smallest absolute Gasteiger partial charge is 0.415 e. The number of ether oxygens (including phenoxy) is 4. The van der Waals surface area contributed by atoms with Crippen LogP contribution in [0.2, 0.25) is 0 Å². The van der Waals surface area contributed by atoms with Gasteiger partial charge in [0.15, 0.2) is 6.10 Å². The summed E-state index contributed by atoms with van der Waals surface area (Å²) in [6.45, 7) is 5.83. The Kier molecular flexibility index (Phi) is 12.6. The van der Waals surface area contributed by atoms with Crippen LogP contribution < -0.4 is 9.47 Å². The lowest BCUT2D eigenvalue weighted by Gasteiger charge is -2.22. The zero-order valence-corrected chi connectivity index (χ0v) is 20.3. The zero-order chi connectivity index (χ0) is 25.5. The molecule has 0 aromatic heterocycles. The first kappa shape index (κ1) is 28.1. The van der Waals surface area contributed by atoms with E-state index in [1.807, 2.05) is 0 Å². The molecule has 192 valence electrons. The summed E-state index contributed by atoms with van der Waals surface area (Å²) in [5.74, 6) is -0.798. The second-order valence-corrected chi connectivity index (χ2v) is 7.76. The standard InChI is InChI=1S/C26H34FNO7/c1-3-5-15-32-16-13-28(26(31)35-23-8-6-7-21(27)19-23)14-17-34-22-11-9-20(10-12-22)18-24(25(29)30)33-4-2/h6-12,19,24H,3-5,13-18H2,1-2H3,(H,29,30). The molecule has 2 aromatic carbocycles. The van der Waals surface area contributed by atoms with E-state index in [0.29, 0.717) is 32.1 Å². The van der Waals surface area contributed by atoms with E-state index < -0.39 is 24.0 Å². The van der Waals surface area contributed by atoms with Gasteiger partial charge in [0, 0.05) is 32.2 Å². The number of hydrogen-bond donors (Lipinski definition) is 1. The van der Waals surface area contributed by atoms with Gasteiger partial charge >= 0.3 is 12.1 Å². The van der Waals surface area contributed by atoms with Crippen LogP contribution >= 0.6 is 0 Å². The largest absolute Gasteiger partial charge is 0.492 e. The third-order valence-electron chi connectivity index (χ3n) is 5.02. The molecule has 0 radical (unpaired) electrons. The maximum atomic E-state index is 13.4. The van der Waals surface area contributed by atoms with Gasteiger partial charge in [0.1, 0.15) is 23.9 Å². The number of halogens is 1. The average Bonchev–Trinajstić information content (AvgIpc) is 2.83. The molecule has 0 saturated heterocycles. The number of carboxylic acids is 1. The Morgan fingerprint density at radius 2 is 1.74 bits per heavy atom. The number of hydrogen-bond acceptors (Lipinski definition) is 6. The van der Waals surface area contributed by atoms with Crippen LogP contribution in [0.25, 0.3) is 0 Å². The lowest BCUT2D eigenvalue weighted by atomic mass is 10.1. The average molecular weight is 492 g/mol. The molecule has 0 bridgehead atoms. The van der Waals surface area contributed by atoms with Crippen LogP contribution in [-0.2, 0) is 20.7 Å². The molecule has 35 heavy (non-hydrogen) atoms. The van der Waals surface area contributed by atoms with Gasteiger partial charge in [0.2, 0.25) is 0 Å². The molecule has 0 fully saturated rings. The minimum absolute atomic E-state index is 0.120. The number of carbonyl (C=O) groups is 2. The van der Waals surface area contributed by atoms with Gasteiger partial charge in [-0.15, -0.1) is 0 Å². The Balaban J connectivity index is 1.90. The molecule has 1 atom stereocenters. The molecule has 0 aliphatic carbocycles. The topological polar surface area (TPSA) is 94.5 Å². The number of rotatable bonds is 16. The van der Waals surface area contributed by atoms with Crippen LogP contribution in [0.5, 0.6) is 11.5 Å². The van der Waals surface area contributed by atoms with Crippen molar-refractivity contribution in [3.8, 4) is 11.5 Å². The summed E-state index contributed by atoms with van der Waals surface area (Å²) in [6.07, 6.45) is 0.681. The molecular formula is C26H34FNO7. The van der Waals surface area contributed by atoms with E-state index in [-0.39, 0.29) is 25.3 Å². The quantitative estimate of drug-likeness (QED) is 0.344. The Morgan fingerprint density at radius 3 is 2.40 bits per heavy atom. The Labute approximate surface area is 205 Å². The minimum Gasteiger partial charge on any atom is -0.492 e. The number of benzene rings is 2. The predicted molar refractivity (Wildman–Crippen MR) is 128 cm³/mol. The highest BCUT2D eigenvalue weighted by Gasteiger charge is 2.18. The summed E-state index contributed by atoms with van der Waals surface area (Å²) < 4.78 is 35.3. The summed E-state index contributed by atoms with van der Waals surface area (Å²) in [6, 6.07) is 12.4. The third-order valence-corrected chi connectivity index (χ3v) is 5.02. The molecule has 0 heterocycles. The van der Waals surface area contributed by atoms with Crippen molar-refractivity contribution in [1.29, 1.82) is 0 Å². The van der Waals surface area contributed by atoms with E-state index in [1.165, 1.54) is 23.1 Å². The first-order valence-electron chi connectivity index (χ1n) is 11.8. The molecule has 0 aliphatic rings. The number of amides is 1. The minimum atomic E-state index is -1.00. The zero-order valence-electron chi connectivity index (χ0n) is 20.3. The second-order valence-electron chi connectivity index (χ2n) is 7.76. The van der Waals surface area contributed by atoms with E-state index >= 15 is 0 Å². The van der Waals surface area contributed by atoms with Gasteiger partial charge in [-0.05, 0) is 43.2 Å². The van der Waals surface area contributed by atoms with E-state index in [4.69, 9.17) is 18.9 Å². The fraction of sp³-hybridized carbons (Fsp3) is 0.462. The lowest BCUT2D eigenvalue weighted by Crippen LogP contribution is -2.39. The van der Waals surface area contributed by atoms with Crippen molar-refractivity contribution >= 4 is 12.1 Å². The molecule has 2 aromatic rings. The van der Waals surface area contributed by atoms with Crippen LogP contribution in [-0.4, -0.2) is 67.7 Å². The van der Waals surface area contributed by atoms with Crippen molar-refractivity contribution in [1.82, 2.24) is 4.90 Å². The predicted octanol–water partition coefficient (Wildman–Crippen LogP) is 4.55. The Hall–Kier alpha value is -3.17. The van der Waals surface area contributed by atoms with Crippen LogP contribution in [0.4, 0.5) is 9.18 Å². The van der Waals surface area contributed by atoms with E-state index in [9.17, 15) is 19.1 Å². The number of carboxylic acid groups (broad SMARTS) is 1. The first-order chi connectivity index (χ1) is 16.9. The highest BCUT2D eigenvalue weighted by atomic mass is 19.1. The molecule has 1 N–H and O–H groups in total. The third kappa shape index (κ3) is 10.7. The molecule has 9 heteroatoms. The molecule has 2 rings (SSSR count). The van der Waals surface area contributed by atoms with Gasteiger partial charge in [-0.1, -0.05) is 31.5 Å². The van der Waals surface area contributed by atoms with Crippen LogP contribution in [0.15, 0.2) is 48.5 Å². The maximum absolute atomic E-state index is 13.4. The number of carbonyl (C=O) groups excluding carboxylic acids is 1. The summed E-state index contributed by atoms with van der Waals surface area (Å²) >= 11 is 0. The molecule has 0 spiro atoms. The van der Waals surface area contributed by atoms with Crippen LogP contribution in [0.3, 0.4) is 0 Å². The van der Waals surface area contributed by atoms with Gasteiger partial charge in [-0.2, -0.15) is 0 Å². The summed E-state index contributed by atoms with van der Waals surface area (Å²) in [5.41, 5.74) is 0.808. The summed E-state index contributed by atoms with van der Waals surface area (Å²) in [5, 5.41) is 9.22. The second kappa shape index (κ2) is 15.7. The molecule has 0 aliphatic heterocycles. The fourth-order valence-corrected chi connectivity index (χ4v) is 3.14. The highest BCUT2D eigenvalue weighted by Crippen LogP contribution is 2.16. The van der Waals surface area contributed by atoms with Crippen molar-refractivity contribution in [2.24, 2.45) is 0 Å². The first-order valence-corrected chi connectivity index (χ1v) is 11.8.